The minimum atomic E-state index is -3.46. The number of nitrogens with zero attached hydrogens (tertiary/aromatic N) is 1. The molecule has 0 radical (unpaired) electrons. The molecule has 2 rings (SSSR count). The molecule has 118 valence electrons. The summed E-state index contributed by atoms with van der Waals surface area (Å²) in [7, 11) is -1.89. The van der Waals surface area contributed by atoms with Gasteiger partial charge in [0.15, 0.2) is 0 Å². The molecule has 0 unspecified atom stereocenters. The zero-order chi connectivity index (χ0) is 15.3. The SMILES string of the molecule is COc1ccc(S(=O)(=O)N(CCCN)C2CCCC2)cc1. The molecular weight excluding hydrogens is 288 g/mol. The Morgan fingerprint density at radius 3 is 2.38 bits per heavy atom. The van der Waals surface area contributed by atoms with Crippen molar-refractivity contribution in [2.45, 2.75) is 43.0 Å². The van der Waals surface area contributed by atoms with E-state index in [1.807, 2.05) is 0 Å². The molecule has 2 N–H and O–H groups in total. The summed E-state index contributed by atoms with van der Waals surface area (Å²) in [5.74, 6) is 0.656. The number of rotatable bonds is 7. The van der Waals surface area contributed by atoms with E-state index in [9.17, 15) is 8.42 Å². The first-order valence-corrected chi connectivity index (χ1v) is 8.89. The van der Waals surface area contributed by atoms with Crippen molar-refractivity contribution in [3.05, 3.63) is 24.3 Å². The van der Waals surface area contributed by atoms with Gasteiger partial charge in [0.05, 0.1) is 12.0 Å². The lowest BCUT2D eigenvalue weighted by molar-refractivity contribution is 0.320. The Kier molecular flexibility index (Phi) is 5.61. The maximum Gasteiger partial charge on any atom is 0.243 e. The predicted molar refractivity (Wildman–Crippen MR) is 82.8 cm³/mol. The quantitative estimate of drug-likeness (QED) is 0.835. The van der Waals surface area contributed by atoms with Crippen molar-refractivity contribution in [3.8, 4) is 5.75 Å². The topological polar surface area (TPSA) is 72.6 Å². The van der Waals surface area contributed by atoms with Gasteiger partial charge in [0, 0.05) is 12.6 Å². The van der Waals surface area contributed by atoms with Gasteiger partial charge >= 0.3 is 0 Å². The van der Waals surface area contributed by atoms with Crippen LogP contribution in [0.5, 0.6) is 5.75 Å². The van der Waals surface area contributed by atoms with E-state index in [1.165, 1.54) is 0 Å². The van der Waals surface area contributed by atoms with Crippen molar-refractivity contribution in [1.82, 2.24) is 4.31 Å². The smallest absolute Gasteiger partial charge is 0.243 e. The number of sulfonamides is 1. The van der Waals surface area contributed by atoms with Gasteiger partial charge in [-0.1, -0.05) is 12.8 Å². The zero-order valence-electron chi connectivity index (χ0n) is 12.5. The molecule has 1 saturated carbocycles. The maximum atomic E-state index is 12.9. The molecular formula is C15H24N2O3S. The van der Waals surface area contributed by atoms with Crippen LogP contribution < -0.4 is 10.5 Å². The molecule has 0 atom stereocenters. The van der Waals surface area contributed by atoms with E-state index in [-0.39, 0.29) is 6.04 Å². The fourth-order valence-corrected chi connectivity index (χ4v) is 4.55. The lowest BCUT2D eigenvalue weighted by Gasteiger charge is -2.28. The Labute approximate surface area is 127 Å². The number of benzene rings is 1. The number of hydrogen-bond acceptors (Lipinski definition) is 4. The molecule has 0 bridgehead atoms. The number of hydrogen-bond donors (Lipinski definition) is 1. The number of methoxy groups -OCH3 is 1. The first-order valence-electron chi connectivity index (χ1n) is 7.45. The number of ether oxygens (including phenoxy) is 1. The fourth-order valence-electron chi connectivity index (χ4n) is 2.82. The second-order valence-corrected chi connectivity index (χ2v) is 7.26. The van der Waals surface area contributed by atoms with Gasteiger partial charge in [-0.25, -0.2) is 8.42 Å². The van der Waals surface area contributed by atoms with Gasteiger partial charge in [-0.2, -0.15) is 4.31 Å². The molecule has 0 spiro atoms. The van der Waals surface area contributed by atoms with Crippen LogP contribution in [0, 0.1) is 0 Å². The van der Waals surface area contributed by atoms with Crippen LogP contribution >= 0.6 is 0 Å². The first-order chi connectivity index (χ1) is 10.1. The van der Waals surface area contributed by atoms with Crippen molar-refractivity contribution in [2.24, 2.45) is 5.73 Å². The molecule has 0 aromatic heterocycles. The van der Waals surface area contributed by atoms with Gasteiger partial charge in [0.1, 0.15) is 5.75 Å². The normalized spacial score (nSPS) is 16.5. The molecule has 1 aliphatic rings. The summed E-state index contributed by atoms with van der Waals surface area (Å²) in [6.07, 6.45) is 4.77. The van der Waals surface area contributed by atoms with Crippen LogP contribution in [0.4, 0.5) is 0 Å². The lowest BCUT2D eigenvalue weighted by Crippen LogP contribution is -2.40. The van der Waals surface area contributed by atoms with Crippen LogP contribution in [0.2, 0.25) is 0 Å². The highest BCUT2D eigenvalue weighted by Gasteiger charge is 2.32. The van der Waals surface area contributed by atoms with E-state index in [4.69, 9.17) is 10.5 Å². The van der Waals surface area contributed by atoms with E-state index < -0.39 is 10.0 Å². The van der Waals surface area contributed by atoms with Gasteiger partial charge in [-0.15, -0.1) is 0 Å². The van der Waals surface area contributed by atoms with Crippen molar-refractivity contribution in [3.63, 3.8) is 0 Å². The molecule has 1 aromatic rings. The molecule has 6 heteroatoms. The van der Waals surface area contributed by atoms with E-state index in [0.29, 0.717) is 30.2 Å². The molecule has 1 aromatic carbocycles. The van der Waals surface area contributed by atoms with Crippen LogP contribution in [0.25, 0.3) is 0 Å². The van der Waals surface area contributed by atoms with Crippen molar-refractivity contribution < 1.29 is 13.2 Å². The average molecular weight is 312 g/mol. The highest BCUT2D eigenvalue weighted by atomic mass is 32.2. The summed E-state index contributed by atoms with van der Waals surface area (Å²) in [5.41, 5.74) is 5.56. The lowest BCUT2D eigenvalue weighted by atomic mass is 10.2. The van der Waals surface area contributed by atoms with Crippen molar-refractivity contribution >= 4 is 10.0 Å². The average Bonchev–Trinajstić information content (AvgIpc) is 3.01. The Balaban J connectivity index is 2.26. The van der Waals surface area contributed by atoms with E-state index in [1.54, 1.807) is 35.7 Å². The third kappa shape index (κ3) is 3.75. The predicted octanol–water partition coefficient (Wildman–Crippen LogP) is 1.98. The Bertz CT molecular complexity index is 537. The molecule has 5 nitrogen and oxygen atoms in total. The number of nitrogens with two attached hydrogens (primary N) is 1. The standard InChI is InChI=1S/C15H24N2O3S/c1-20-14-7-9-15(10-8-14)21(18,19)17(12-4-11-16)13-5-2-3-6-13/h7-10,13H,2-6,11-12,16H2,1H3. The van der Waals surface area contributed by atoms with E-state index in [0.717, 1.165) is 25.7 Å². The molecule has 1 aliphatic carbocycles. The Morgan fingerprint density at radius 2 is 1.86 bits per heavy atom. The molecule has 0 heterocycles. The highest BCUT2D eigenvalue weighted by molar-refractivity contribution is 7.89. The minimum Gasteiger partial charge on any atom is -0.497 e. The summed E-state index contributed by atoms with van der Waals surface area (Å²) in [6.45, 7) is 0.997. The summed E-state index contributed by atoms with van der Waals surface area (Å²) in [6, 6.07) is 6.70. The zero-order valence-corrected chi connectivity index (χ0v) is 13.3. The minimum absolute atomic E-state index is 0.114. The molecule has 0 saturated heterocycles. The fraction of sp³-hybridized carbons (Fsp3) is 0.600. The van der Waals surface area contributed by atoms with Gasteiger partial charge in [-0.05, 0) is 50.1 Å². The summed E-state index contributed by atoms with van der Waals surface area (Å²) in [4.78, 5) is 0.326. The molecule has 1 fully saturated rings. The molecule has 0 amide bonds. The summed E-state index contributed by atoms with van der Waals surface area (Å²) < 4.78 is 32.5. The third-order valence-electron chi connectivity index (χ3n) is 3.98. The van der Waals surface area contributed by atoms with Gasteiger partial charge in [0.2, 0.25) is 10.0 Å². The van der Waals surface area contributed by atoms with E-state index in [2.05, 4.69) is 0 Å². The van der Waals surface area contributed by atoms with E-state index >= 15 is 0 Å². The third-order valence-corrected chi connectivity index (χ3v) is 5.95. The van der Waals surface area contributed by atoms with Crippen LogP contribution in [-0.2, 0) is 10.0 Å². The van der Waals surface area contributed by atoms with Gasteiger partial charge < -0.3 is 10.5 Å². The Hall–Kier alpha value is -1.11. The second-order valence-electron chi connectivity index (χ2n) is 5.37. The molecule has 21 heavy (non-hydrogen) atoms. The van der Waals surface area contributed by atoms with Gasteiger partial charge in [-0.3, -0.25) is 0 Å². The van der Waals surface area contributed by atoms with Gasteiger partial charge in [0.25, 0.3) is 0 Å². The summed E-state index contributed by atoms with van der Waals surface area (Å²) >= 11 is 0. The van der Waals surface area contributed by atoms with Crippen LogP contribution in [0.15, 0.2) is 29.2 Å². The van der Waals surface area contributed by atoms with Crippen LogP contribution in [0.3, 0.4) is 0 Å². The monoisotopic (exact) mass is 312 g/mol. The first kappa shape index (κ1) is 16.3. The second kappa shape index (κ2) is 7.24. The van der Waals surface area contributed by atoms with Crippen molar-refractivity contribution in [2.75, 3.05) is 20.2 Å². The Morgan fingerprint density at radius 1 is 1.24 bits per heavy atom. The van der Waals surface area contributed by atoms with Crippen LogP contribution in [-0.4, -0.2) is 39.0 Å². The largest absolute Gasteiger partial charge is 0.497 e. The maximum absolute atomic E-state index is 12.9. The van der Waals surface area contributed by atoms with Crippen LogP contribution in [0.1, 0.15) is 32.1 Å². The van der Waals surface area contributed by atoms with Crippen molar-refractivity contribution in [1.29, 1.82) is 0 Å². The summed E-state index contributed by atoms with van der Waals surface area (Å²) in [5, 5.41) is 0. The molecule has 0 aliphatic heterocycles. The highest BCUT2D eigenvalue weighted by Crippen LogP contribution is 2.29.